The Bertz CT molecular complexity index is 2040. The summed E-state index contributed by atoms with van der Waals surface area (Å²) in [7, 11) is 0. The van der Waals surface area contributed by atoms with Crippen molar-refractivity contribution >= 4 is 66.3 Å². The van der Waals surface area contributed by atoms with Crippen LogP contribution in [0.5, 0.6) is 0 Å². The maximum atomic E-state index is 4.12. The summed E-state index contributed by atoms with van der Waals surface area (Å²) < 4.78 is -1.41. The van der Waals surface area contributed by atoms with E-state index in [2.05, 4.69) is 178 Å². The van der Waals surface area contributed by atoms with Gasteiger partial charge in [-0.3, -0.25) is 0 Å². The van der Waals surface area contributed by atoms with E-state index in [0.29, 0.717) is 0 Å². The number of rotatable bonds is 6. The molecule has 228 valence electrons. The van der Waals surface area contributed by atoms with Crippen LogP contribution in [0.25, 0.3) is 32.3 Å². The van der Waals surface area contributed by atoms with E-state index in [1.54, 1.807) is 0 Å². The molecule has 3 unspecified atom stereocenters. The number of fused-ring (bicyclic) bond motifs is 3. The Kier molecular flexibility index (Phi) is 6.81. The first kappa shape index (κ1) is 28.3. The molecule has 46 heavy (non-hydrogen) atoms. The van der Waals surface area contributed by atoms with E-state index in [1.165, 1.54) is 46.9 Å². The quantitative estimate of drug-likeness (QED) is 0.157. The fraction of sp³-hybridized carbons (Fsp3) is 0.0769. The van der Waals surface area contributed by atoms with Crippen LogP contribution in [-0.4, -0.2) is 0 Å². The molecule has 3 N–H and O–H groups in total. The van der Waals surface area contributed by atoms with Crippen LogP contribution in [-0.2, 0) is 28.6 Å². The Labute approximate surface area is 285 Å². The van der Waals surface area contributed by atoms with Gasteiger partial charge in [0, 0.05) is 0 Å². The molecule has 0 saturated heterocycles. The van der Waals surface area contributed by atoms with Crippen LogP contribution >= 0.6 is 34.0 Å². The molecule has 0 bridgehead atoms. The standard InChI is InChI=1S/3C13H10NS.Ir/c3*1-2-6-11-10(5-1)9-15-13(11)12-7-3-4-8-14-12;/h3*1-9,14H;. The zero-order valence-electron chi connectivity index (χ0n) is 24.6. The van der Waals surface area contributed by atoms with Crippen LogP contribution in [0.15, 0.2) is 162 Å². The van der Waals surface area contributed by atoms with Gasteiger partial charge in [0.1, 0.15) is 0 Å². The molecule has 0 radical (unpaired) electrons. The molecular formula is C39H30IrN3S3. The number of hydrogen-bond donors (Lipinski definition) is 3. The fourth-order valence-electron chi connectivity index (χ4n) is 6.74. The van der Waals surface area contributed by atoms with Crippen molar-refractivity contribution in [3.05, 3.63) is 177 Å². The number of thiophene rings is 3. The van der Waals surface area contributed by atoms with Crippen molar-refractivity contribution in [2.45, 2.75) is 12.2 Å². The number of dihydropyridines is 3. The monoisotopic (exact) mass is 829 g/mol. The van der Waals surface area contributed by atoms with Crippen molar-refractivity contribution in [3.63, 3.8) is 0 Å². The molecule has 0 saturated carbocycles. The molecule has 3 aromatic heterocycles. The summed E-state index contributed by atoms with van der Waals surface area (Å²) in [6, 6.07) is 26.7. The van der Waals surface area contributed by atoms with E-state index in [4.69, 9.17) is 0 Å². The second-order valence-corrected chi connectivity index (χ2v) is 21.4. The van der Waals surface area contributed by atoms with Crippen LogP contribution in [0.3, 0.4) is 0 Å². The Morgan fingerprint density at radius 3 is 1.04 bits per heavy atom. The molecule has 0 fully saturated rings. The third kappa shape index (κ3) is 4.09. The van der Waals surface area contributed by atoms with E-state index in [0.717, 1.165) is 0 Å². The van der Waals surface area contributed by atoms with E-state index >= 15 is 0 Å². The zero-order valence-corrected chi connectivity index (χ0v) is 29.5. The molecule has 0 aliphatic carbocycles. The molecule has 0 amide bonds. The summed E-state index contributed by atoms with van der Waals surface area (Å²) in [5.41, 5.74) is 0. The Morgan fingerprint density at radius 2 is 0.739 bits per heavy atom. The van der Waals surface area contributed by atoms with Gasteiger partial charge in [-0.05, 0) is 0 Å². The zero-order chi connectivity index (χ0) is 30.6. The second kappa shape index (κ2) is 11.1. The van der Waals surface area contributed by atoms with Gasteiger partial charge >= 0.3 is 288 Å². The van der Waals surface area contributed by atoms with Crippen LogP contribution in [0.1, 0.15) is 14.6 Å². The van der Waals surface area contributed by atoms with Gasteiger partial charge in [0.25, 0.3) is 0 Å². The second-order valence-electron chi connectivity index (χ2n) is 11.3. The first-order valence-electron chi connectivity index (χ1n) is 15.1. The van der Waals surface area contributed by atoms with Gasteiger partial charge in [-0.2, -0.15) is 0 Å². The number of nitrogens with one attached hydrogen (secondary N) is 3. The third-order valence-corrected chi connectivity index (χ3v) is 23.1. The van der Waals surface area contributed by atoms with E-state index in [-0.39, 0.29) is 0 Å². The molecule has 3 aliphatic heterocycles. The van der Waals surface area contributed by atoms with E-state index in [9.17, 15) is 0 Å². The van der Waals surface area contributed by atoms with E-state index in [1.807, 2.05) is 34.0 Å². The first-order chi connectivity index (χ1) is 22.8. The van der Waals surface area contributed by atoms with Crippen molar-refractivity contribution in [2.75, 3.05) is 0 Å². The number of hydrogen-bond acceptors (Lipinski definition) is 6. The van der Waals surface area contributed by atoms with E-state index < -0.39 is 28.6 Å². The molecule has 7 heteroatoms. The molecule has 3 aliphatic rings. The van der Waals surface area contributed by atoms with Gasteiger partial charge in [0.05, 0.1) is 0 Å². The van der Waals surface area contributed by atoms with Crippen molar-refractivity contribution in [3.8, 4) is 0 Å². The van der Waals surface area contributed by atoms with Gasteiger partial charge in [0.2, 0.25) is 0 Å². The average molecular weight is 829 g/mol. The van der Waals surface area contributed by atoms with Gasteiger partial charge in [0.15, 0.2) is 0 Å². The average Bonchev–Trinajstić information content (AvgIpc) is 3.87. The SMILES string of the molecule is C1=CN[C](c2scc3ccccc23)([Ir]([C]2(c3scc4ccccc34)C=CC=CN2)[C]2(c3scc4ccccc34)C=CC=CN2)C=C1. The third-order valence-electron chi connectivity index (χ3n) is 8.72. The molecule has 6 heterocycles. The van der Waals surface area contributed by atoms with Crippen LogP contribution in [0.2, 0.25) is 0 Å². The van der Waals surface area contributed by atoms with Crippen molar-refractivity contribution in [1.29, 1.82) is 0 Å². The van der Waals surface area contributed by atoms with Crippen molar-refractivity contribution < 1.29 is 16.5 Å². The van der Waals surface area contributed by atoms with Gasteiger partial charge in [-0.1, -0.05) is 0 Å². The Hall–Kier alpha value is -3.97. The Balaban J connectivity index is 1.45. The van der Waals surface area contributed by atoms with Crippen LogP contribution < -0.4 is 16.0 Å². The summed E-state index contributed by atoms with van der Waals surface area (Å²) in [4.78, 5) is 4.11. The minimum absolute atomic E-state index is 0.469. The summed E-state index contributed by atoms with van der Waals surface area (Å²) in [5.74, 6) is 0. The van der Waals surface area contributed by atoms with Crippen LogP contribution in [0.4, 0.5) is 0 Å². The first-order valence-corrected chi connectivity index (χ1v) is 21.4. The molecule has 3 aromatic carbocycles. The summed E-state index contributed by atoms with van der Waals surface area (Å²) >= 11 is 2.68. The number of allylic oxidation sites excluding steroid dienone is 6. The van der Waals surface area contributed by atoms with Gasteiger partial charge in [-0.25, -0.2) is 0 Å². The fourth-order valence-corrected chi connectivity index (χ4v) is 23.4. The van der Waals surface area contributed by atoms with Gasteiger partial charge < -0.3 is 0 Å². The molecule has 3 nitrogen and oxygen atoms in total. The predicted molar refractivity (Wildman–Crippen MR) is 195 cm³/mol. The van der Waals surface area contributed by atoms with Crippen LogP contribution in [0, 0.1) is 0 Å². The molecular weight excluding hydrogens is 799 g/mol. The molecule has 0 spiro atoms. The van der Waals surface area contributed by atoms with Crippen molar-refractivity contribution in [2.24, 2.45) is 0 Å². The minimum atomic E-state index is -2.97. The maximum absolute atomic E-state index is 4.12. The summed E-state index contributed by atoms with van der Waals surface area (Å²) in [5, 5.41) is 27.2. The Morgan fingerprint density at radius 1 is 0.413 bits per heavy atom. The van der Waals surface area contributed by atoms with Gasteiger partial charge in [-0.15, -0.1) is 0 Å². The number of benzene rings is 3. The summed E-state index contributed by atoms with van der Waals surface area (Å²) in [6.45, 7) is 0. The molecule has 9 rings (SSSR count). The molecule has 3 atom stereocenters. The summed E-state index contributed by atoms with van der Waals surface area (Å²) in [6.07, 6.45) is 27.2. The van der Waals surface area contributed by atoms with Crippen molar-refractivity contribution in [1.82, 2.24) is 16.0 Å². The normalized spacial score (nSPS) is 25.2. The molecule has 6 aromatic rings. The predicted octanol–water partition coefficient (Wildman–Crippen LogP) is 9.83. The topological polar surface area (TPSA) is 36.1 Å².